The molecule has 0 bridgehead atoms. The highest BCUT2D eigenvalue weighted by atomic mass is 16.5. The van der Waals surface area contributed by atoms with Gasteiger partial charge in [-0.2, -0.15) is 0 Å². The molecule has 0 aliphatic carbocycles. The van der Waals surface area contributed by atoms with Gasteiger partial charge in [0.1, 0.15) is 18.1 Å². The molecule has 0 fully saturated rings. The lowest BCUT2D eigenvalue weighted by Gasteiger charge is -2.13. The van der Waals surface area contributed by atoms with Gasteiger partial charge in [0.15, 0.2) is 17.3 Å². The van der Waals surface area contributed by atoms with Crippen LogP contribution in [0.15, 0.2) is 61.1 Å². The Morgan fingerprint density at radius 1 is 0.931 bits per heavy atom. The Morgan fingerprint density at radius 3 is 2.59 bits per heavy atom. The molecule has 4 aromatic rings. The first kappa shape index (κ1) is 18.8. The number of benzene rings is 1. The van der Waals surface area contributed by atoms with Crippen LogP contribution in [0.4, 0.5) is 0 Å². The predicted octanol–water partition coefficient (Wildman–Crippen LogP) is 3.81. The Kier molecular flexibility index (Phi) is 5.58. The van der Waals surface area contributed by atoms with Crippen molar-refractivity contribution in [3.63, 3.8) is 0 Å². The second-order valence-corrected chi connectivity index (χ2v) is 6.24. The number of pyridine rings is 2. The predicted molar refractivity (Wildman–Crippen MR) is 109 cm³/mol. The lowest BCUT2D eigenvalue weighted by atomic mass is 10.2. The highest BCUT2D eigenvalue weighted by molar-refractivity contribution is 5.86. The monoisotopic (exact) mass is 388 g/mol. The molecule has 0 amide bonds. The molecule has 0 saturated carbocycles. The van der Waals surface area contributed by atoms with E-state index in [9.17, 15) is 0 Å². The quantitative estimate of drug-likeness (QED) is 0.515. The molecule has 0 atom stereocenters. The topological polar surface area (TPSA) is 90.2 Å². The van der Waals surface area contributed by atoms with E-state index in [1.54, 1.807) is 30.7 Å². The van der Waals surface area contributed by atoms with Gasteiger partial charge in [-0.15, -0.1) is 0 Å². The van der Waals surface area contributed by atoms with Crippen LogP contribution in [0.5, 0.6) is 17.2 Å². The summed E-state index contributed by atoms with van der Waals surface area (Å²) in [7, 11) is 0. The lowest BCUT2D eigenvalue weighted by Crippen LogP contribution is -2.01. The summed E-state index contributed by atoms with van der Waals surface area (Å²) < 4.78 is 11.8. The second kappa shape index (κ2) is 8.62. The average molecular weight is 388 g/mol. The number of hydrogen-bond donors (Lipinski definition) is 1. The van der Waals surface area contributed by atoms with Crippen LogP contribution in [-0.4, -0.2) is 38.3 Å². The highest BCUT2D eigenvalue weighted by Crippen LogP contribution is 2.35. The minimum Gasteiger partial charge on any atom is -0.491 e. The van der Waals surface area contributed by atoms with Crippen molar-refractivity contribution in [2.24, 2.45) is 0 Å². The Morgan fingerprint density at radius 2 is 1.79 bits per heavy atom. The van der Waals surface area contributed by atoms with Crippen LogP contribution in [0.1, 0.15) is 12.6 Å². The first-order valence-electron chi connectivity index (χ1n) is 9.36. The van der Waals surface area contributed by atoms with E-state index in [1.807, 2.05) is 37.3 Å². The fourth-order valence-corrected chi connectivity index (χ4v) is 2.91. The molecule has 146 valence electrons. The van der Waals surface area contributed by atoms with E-state index in [1.165, 1.54) is 0 Å². The zero-order chi connectivity index (χ0) is 20.1. The number of rotatable bonds is 7. The van der Waals surface area contributed by atoms with Crippen LogP contribution in [-0.2, 0) is 6.42 Å². The second-order valence-electron chi connectivity index (χ2n) is 6.24. The smallest absolute Gasteiger partial charge is 0.181 e. The van der Waals surface area contributed by atoms with Crippen molar-refractivity contribution in [3.05, 3.63) is 66.7 Å². The van der Waals surface area contributed by atoms with Gasteiger partial charge in [-0.1, -0.05) is 6.92 Å². The zero-order valence-electron chi connectivity index (χ0n) is 15.9. The summed E-state index contributed by atoms with van der Waals surface area (Å²) in [5.41, 5.74) is 2.29. The third-order valence-electron chi connectivity index (χ3n) is 4.31. The summed E-state index contributed by atoms with van der Waals surface area (Å²) >= 11 is 0. The minimum absolute atomic E-state index is 0.0513. The molecule has 0 unspecified atom stereocenters. The van der Waals surface area contributed by atoms with Crippen LogP contribution < -0.4 is 9.47 Å². The van der Waals surface area contributed by atoms with Crippen LogP contribution in [0, 0.1) is 0 Å². The molecule has 1 N–H and O–H groups in total. The number of aliphatic hydroxyl groups is 1. The summed E-state index contributed by atoms with van der Waals surface area (Å²) in [6, 6.07) is 12.9. The summed E-state index contributed by atoms with van der Waals surface area (Å²) in [5.74, 6) is 2.31. The maximum Gasteiger partial charge on any atom is 0.181 e. The number of aryl methyl sites for hydroxylation is 1. The largest absolute Gasteiger partial charge is 0.491 e. The van der Waals surface area contributed by atoms with E-state index in [-0.39, 0.29) is 13.2 Å². The molecule has 7 nitrogen and oxygen atoms in total. The molecule has 0 radical (unpaired) electrons. The van der Waals surface area contributed by atoms with Crippen LogP contribution >= 0.6 is 0 Å². The number of ether oxygens (including phenoxy) is 2. The number of aliphatic hydroxyl groups excluding tert-OH is 1. The van der Waals surface area contributed by atoms with E-state index < -0.39 is 0 Å². The molecule has 29 heavy (non-hydrogen) atoms. The van der Waals surface area contributed by atoms with Crippen molar-refractivity contribution in [1.82, 2.24) is 19.9 Å². The molecule has 3 heterocycles. The Labute approximate surface area is 168 Å². The van der Waals surface area contributed by atoms with Crippen molar-refractivity contribution in [3.8, 4) is 28.8 Å². The van der Waals surface area contributed by atoms with Crippen LogP contribution in [0.3, 0.4) is 0 Å². The van der Waals surface area contributed by atoms with Crippen molar-refractivity contribution in [1.29, 1.82) is 0 Å². The third-order valence-corrected chi connectivity index (χ3v) is 4.31. The molecular formula is C22H20N4O3. The molecular weight excluding hydrogens is 368 g/mol. The maximum absolute atomic E-state index is 8.99. The third kappa shape index (κ3) is 4.14. The van der Waals surface area contributed by atoms with Gasteiger partial charge in [0.25, 0.3) is 0 Å². The van der Waals surface area contributed by atoms with Crippen LogP contribution in [0.25, 0.3) is 22.4 Å². The number of aromatic nitrogens is 4. The van der Waals surface area contributed by atoms with E-state index >= 15 is 0 Å². The first-order valence-corrected chi connectivity index (χ1v) is 9.36. The van der Waals surface area contributed by atoms with Gasteiger partial charge < -0.3 is 14.6 Å². The number of fused-ring (bicyclic) bond motifs is 1. The van der Waals surface area contributed by atoms with Gasteiger partial charge in [-0.05, 0) is 48.9 Å². The number of nitrogens with zero attached hydrogens (tertiary/aromatic N) is 4. The normalized spacial score (nSPS) is 10.8. The summed E-state index contributed by atoms with van der Waals surface area (Å²) in [6.45, 7) is 2.22. The average Bonchev–Trinajstić information content (AvgIpc) is 2.78. The van der Waals surface area contributed by atoms with Gasteiger partial charge in [-0.3, -0.25) is 4.98 Å². The van der Waals surface area contributed by atoms with Crippen molar-refractivity contribution >= 4 is 10.9 Å². The van der Waals surface area contributed by atoms with Gasteiger partial charge >= 0.3 is 0 Å². The summed E-state index contributed by atoms with van der Waals surface area (Å²) in [4.78, 5) is 17.7. The Balaban J connectivity index is 1.77. The van der Waals surface area contributed by atoms with E-state index in [2.05, 4.69) is 19.9 Å². The molecule has 1 aromatic carbocycles. The van der Waals surface area contributed by atoms with Crippen LogP contribution in [0.2, 0.25) is 0 Å². The summed E-state index contributed by atoms with van der Waals surface area (Å²) in [6.07, 6.45) is 5.85. The fraction of sp³-hybridized carbons (Fsp3) is 0.182. The maximum atomic E-state index is 8.99. The Hall–Kier alpha value is -3.58. The number of hydrogen-bond acceptors (Lipinski definition) is 7. The summed E-state index contributed by atoms with van der Waals surface area (Å²) in [5, 5.41) is 9.78. The zero-order valence-corrected chi connectivity index (χ0v) is 15.9. The van der Waals surface area contributed by atoms with E-state index in [0.717, 1.165) is 23.0 Å². The molecule has 0 aliphatic rings. The van der Waals surface area contributed by atoms with Gasteiger partial charge in [-0.25, -0.2) is 15.0 Å². The molecule has 0 saturated heterocycles. The van der Waals surface area contributed by atoms with Crippen molar-refractivity contribution < 1.29 is 14.6 Å². The van der Waals surface area contributed by atoms with Gasteiger partial charge in [0, 0.05) is 29.7 Å². The van der Waals surface area contributed by atoms with Gasteiger partial charge in [0.2, 0.25) is 0 Å². The first-order chi connectivity index (χ1) is 14.3. The standard InChI is InChI=1S/C22H20N4O3/c1-2-15-4-7-20(21(26-15)22-24-9-3-10-25-22)29-19-8-11-23-18-6-5-16(14-17(18)19)28-13-12-27/h3-11,14,27H,2,12-13H2,1H3. The van der Waals surface area contributed by atoms with E-state index in [0.29, 0.717) is 28.8 Å². The lowest BCUT2D eigenvalue weighted by molar-refractivity contribution is 0.201. The van der Waals surface area contributed by atoms with E-state index in [4.69, 9.17) is 14.6 Å². The fourth-order valence-electron chi connectivity index (χ4n) is 2.91. The molecule has 7 heteroatoms. The minimum atomic E-state index is -0.0513. The molecule has 4 rings (SSSR count). The molecule has 0 spiro atoms. The molecule has 3 aromatic heterocycles. The van der Waals surface area contributed by atoms with Gasteiger partial charge in [0.05, 0.1) is 12.1 Å². The van der Waals surface area contributed by atoms with Crippen molar-refractivity contribution in [2.75, 3.05) is 13.2 Å². The Bertz CT molecular complexity index is 1120. The SMILES string of the molecule is CCc1ccc(Oc2ccnc3ccc(OCCO)cc23)c(-c2ncccn2)n1. The van der Waals surface area contributed by atoms with Crippen molar-refractivity contribution in [2.45, 2.75) is 13.3 Å². The highest BCUT2D eigenvalue weighted by Gasteiger charge is 2.14. The molecule has 0 aliphatic heterocycles.